The van der Waals surface area contributed by atoms with Gasteiger partial charge in [-0.15, -0.1) is 0 Å². The molecule has 0 aromatic heterocycles. The Labute approximate surface area is 95.5 Å². The first-order valence-corrected chi connectivity index (χ1v) is 5.48. The molecule has 6 heteroatoms. The average molecular weight is 228 g/mol. The van der Waals surface area contributed by atoms with E-state index in [-0.39, 0.29) is 18.4 Å². The van der Waals surface area contributed by atoms with Crippen molar-refractivity contribution in [1.82, 2.24) is 15.5 Å². The second-order valence-electron chi connectivity index (χ2n) is 4.38. The number of amides is 2. The summed E-state index contributed by atoms with van der Waals surface area (Å²) in [5, 5.41) is 5.48. The first-order valence-electron chi connectivity index (χ1n) is 5.48. The fraction of sp³-hybridized carbons (Fsp3) is 0.800. The Morgan fingerprint density at radius 2 is 2.31 bits per heavy atom. The lowest BCUT2D eigenvalue weighted by atomic mass is 9.99. The molecule has 0 bridgehead atoms. The van der Waals surface area contributed by atoms with Crippen molar-refractivity contribution in [2.75, 3.05) is 32.7 Å². The highest BCUT2D eigenvalue weighted by atomic mass is 16.2. The van der Waals surface area contributed by atoms with Crippen LogP contribution in [0.2, 0.25) is 0 Å². The summed E-state index contributed by atoms with van der Waals surface area (Å²) in [6.45, 7) is 6.05. The van der Waals surface area contributed by atoms with E-state index in [1.165, 1.54) is 0 Å². The maximum atomic E-state index is 11.6. The van der Waals surface area contributed by atoms with Gasteiger partial charge in [-0.05, 0) is 13.8 Å². The molecule has 2 amide bonds. The molecular weight excluding hydrogens is 208 g/mol. The SMILES string of the molecule is CC1(C)C(=O)NCCN1CC(=O)NCCN. The summed E-state index contributed by atoms with van der Waals surface area (Å²) in [7, 11) is 0. The number of nitrogens with zero attached hydrogens (tertiary/aromatic N) is 1. The lowest BCUT2D eigenvalue weighted by molar-refractivity contribution is -0.137. The summed E-state index contributed by atoms with van der Waals surface area (Å²) < 4.78 is 0. The minimum absolute atomic E-state index is 0.0367. The molecule has 0 saturated carbocycles. The van der Waals surface area contributed by atoms with Crippen LogP contribution >= 0.6 is 0 Å². The molecule has 16 heavy (non-hydrogen) atoms. The zero-order valence-corrected chi connectivity index (χ0v) is 9.88. The summed E-state index contributed by atoms with van der Waals surface area (Å²) >= 11 is 0. The molecule has 0 aromatic rings. The van der Waals surface area contributed by atoms with Crippen LogP contribution in [0.15, 0.2) is 0 Å². The Morgan fingerprint density at radius 3 is 2.94 bits per heavy atom. The Hall–Kier alpha value is -1.14. The van der Waals surface area contributed by atoms with E-state index < -0.39 is 5.54 Å². The number of hydrogen-bond acceptors (Lipinski definition) is 4. The Morgan fingerprint density at radius 1 is 1.62 bits per heavy atom. The van der Waals surface area contributed by atoms with Gasteiger partial charge in [0.15, 0.2) is 0 Å². The van der Waals surface area contributed by atoms with Crippen LogP contribution in [0.1, 0.15) is 13.8 Å². The van der Waals surface area contributed by atoms with E-state index in [4.69, 9.17) is 5.73 Å². The van der Waals surface area contributed by atoms with Crippen LogP contribution in [0, 0.1) is 0 Å². The summed E-state index contributed by atoms with van der Waals surface area (Å²) in [5.41, 5.74) is 4.67. The van der Waals surface area contributed by atoms with Crippen molar-refractivity contribution in [1.29, 1.82) is 0 Å². The van der Waals surface area contributed by atoms with Crippen LogP contribution in [-0.2, 0) is 9.59 Å². The van der Waals surface area contributed by atoms with Gasteiger partial charge < -0.3 is 16.4 Å². The summed E-state index contributed by atoms with van der Waals surface area (Å²) in [4.78, 5) is 25.0. The molecule has 1 fully saturated rings. The molecule has 0 radical (unpaired) electrons. The van der Waals surface area contributed by atoms with E-state index in [2.05, 4.69) is 10.6 Å². The van der Waals surface area contributed by atoms with Crippen LogP contribution in [-0.4, -0.2) is 55.0 Å². The lowest BCUT2D eigenvalue weighted by Gasteiger charge is -2.40. The summed E-state index contributed by atoms with van der Waals surface area (Å²) in [6.07, 6.45) is 0. The molecule has 0 aliphatic carbocycles. The van der Waals surface area contributed by atoms with E-state index in [0.717, 1.165) is 0 Å². The number of hydrogen-bond donors (Lipinski definition) is 3. The molecule has 6 nitrogen and oxygen atoms in total. The molecule has 0 atom stereocenters. The Kier molecular flexibility index (Phi) is 4.26. The summed E-state index contributed by atoms with van der Waals surface area (Å²) in [6, 6.07) is 0. The van der Waals surface area contributed by atoms with Crippen molar-refractivity contribution in [3.8, 4) is 0 Å². The smallest absolute Gasteiger partial charge is 0.240 e. The van der Waals surface area contributed by atoms with E-state index in [1.807, 2.05) is 18.7 Å². The first-order chi connectivity index (χ1) is 7.48. The maximum Gasteiger partial charge on any atom is 0.240 e. The van der Waals surface area contributed by atoms with Gasteiger partial charge in [-0.25, -0.2) is 0 Å². The highest BCUT2D eigenvalue weighted by Gasteiger charge is 2.38. The van der Waals surface area contributed by atoms with Crippen molar-refractivity contribution >= 4 is 11.8 Å². The van der Waals surface area contributed by atoms with Gasteiger partial charge in [-0.3, -0.25) is 14.5 Å². The predicted molar refractivity (Wildman–Crippen MR) is 60.7 cm³/mol. The second kappa shape index (κ2) is 5.27. The third-order valence-electron chi connectivity index (χ3n) is 2.81. The van der Waals surface area contributed by atoms with Crippen LogP contribution < -0.4 is 16.4 Å². The quantitative estimate of drug-likeness (QED) is 0.534. The fourth-order valence-electron chi connectivity index (χ4n) is 1.66. The molecule has 1 saturated heterocycles. The minimum Gasteiger partial charge on any atom is -0.354 e. The zero-order chi connectivity index (χ0) is 12.2. The minimum atomic E-state index is -0.627. The van der Waals surface area contributed by atoms with Crippen molar-refractivity contribution in [2.45, 2.75) is 19.4 Å². The number of carbonyl (C=O) groups excluding carboxylic acids is 2. The van der Waals surface area contributed by atoms with E-state index in [0.29, 0.717) is 26.2 Å². The molecule has 0 aromatic carbocycles. The highest BCUT2D eigenvalue weighted by Crippen LogP contribution is 2.16. The Balaban J connectivity index is 2.52. The van der Waals surface area contributed by atoms with E-state index >= 15 is 0 Å². The third kappa shape index (κ3) is 2.93. The van der Waals surface area contributed by atoms with E-state index in [9.17, 15) is 9.59 Å². The average Bonchev–Trinajstić information content (AvgIpc) is 2.22. The van der Waals surface area contributed by atoms with E-state index in [1.54, 1.807) is 0 Å². The fourth-order valence-corrected chi connectivity index (χ4v) is 1.66. The highest BCUT2D eigenvalue weighted by molar-refractivity contribution is 5.87. The number of rotatable bonds is 4. The largest absolute Gasteiger partial charge is 0.354 e. The van der Waals surface area contributed by atoms with Gasteiger partial charge in [0.2, 0.25) is 11.8 Å². The van der Waals surface area contributed by atoms with Crippen molar-refractivity contribution in [3.05, 3.63) is 0 Å². The molecule has 0 unspecified atom stereocenters. The van der Waals surface area contributed by atoms with Crippen LogP contribution in [0.3, 0.4) is 0 Å². The number of nitrogens with one attached hydrogen (secondary N) is 2. The van der Waals surface area contributed by atoms with Gasteiger partial charge in [0, 0.05) is 26.2 Å². The molecule has 1 aliphatic rings. The third-order valence-corrected chi connectivity index (χ3v) is 2.81. The molecule has 1 heterocycles. The maximum absolute atomic E-state index is 11.6. The normalized spacial score (nSPS) is 20.3. The van der Waals surface area contributed by atoms with Gasteiger partial charge in [-0.2, -0.15) is 0 Å². The zero-order valence-electron chi connectivity index (χ0n) is 9.88. The van der Waals surface area contributed by atoms with Crippen LogP contribution in [0.4, 0.5) is 0 Å². The molecule has 1 rings (SSSR count). The van der Waals surface area contributed by atoms with Gasteiger partial charge in [-0.1, -0.05) is 0 Å². The molecule has 92 valence electrons. The van der Waals surface area contributed by atoms with Crippen molar-refractivity contribution in [2.24, 2.45) is 5.73 Å². The number of nitrogens with two attached hydrogens (primary N) is 1. The summed E-state index contributed by atoms with van der Waals surface area (Å²) in [5.74, 6) is -0.126. The number of piperazine rings is 1. The van der Waals surface area contributed by atoms with Crippen LogP contribution in [0.25, 0.3) is 0 Å². The predicted octanol–water partition coefficient (Wildman–Crippen LogP) is -1.73. The van der Waals surface area contributed by atoms with Gasteiger partial charge >= 0.3 is 0 Å². The van der Waals surface area contributed by atoms with Gasteiger partial charge in [0.05, 0.1) is 12.1 Å². The van der Waals surface area contributed by atoms with Crippen molar-refractivity contribution in [3.63, 3.8) is 0 Å². The molecular formula is C10H20N4O2. The van der Waals surface area contributed by atoms with Gasteiger partial charge in [0.1, 0.15) is 0 Å². The van der Waals surface area contributed by atoms with Crippen molar-refractivity contribution < 1.29 is 9.59 Å². The Bertz CT molecular complexity index is 278. The molecule has 4 N–H and O–H groups in total. The standard InChI is InChI=1S/C10H20N4O2/c1-10(2)9(16)13-5-6-14(10)7-8(15)12-4-3-11/h3-7,11H2,1-2H3,(H,12,15)(H,13,16). The monoisotopic (exact) mass is 228 g/mol. The van der Waals surface area contributed by atoms with Gasteiger partial charge in [0.25, 0.3) is 0 Å². The number of carbonyl (C=O) groups is 2. The molecule has 0 spiro atoms. The molecule has 1 aliphatic heterocycles. The second-order valence-corrected chi connectivity index (χ2v) is 4.38. The first kappa shape index (κ1) is 12.9. The topological polar surface area (TPSA) is 87.5 Å². The lowest BCUT2D eigenvalue weighted by Crippen LogP contribution is -2.63. The van der Waals surface area contributed by atoms with Crippen LogP contribution in [0.5, 0.6) is 0 Å².